The molecular weight excluding hydrogens is 585 g/mol. The van der Waals surface area contributed by atoms with Gasteiger partial charge in [-0.25, -0.2) is 0 Å². The molecule has 1 aromatic heterocycles. The van der Waals surface area contributed by atoms with E-state index in [0.717, 1.165) is 55.4 Å². The minimum Gasteiger partial charge on any atom is -0.333 e. The maximum Gasteiger partial charge on any atom is 0.0998 e. The highest BCUT2D eigenvalue weighted by atomic mass is 15.2. The van der Waals surface area contributed by atoms with E-state index in [0.29, 0.717) is 11.1 Å². The molecule has 0 radical (unpaired) electrons. The third-order valence-electron chi connectivity index (χ3n) is 9.81. The van der Waals surface area contributed by atoms with E-state index < -0.39 is 0 Å². The first kappa shape index (κ1) is 27.7. The predicted octanol–water partition coefficient (Wildman–Crippen LogP) is 10.6. The Morgan fingerprint density at radius 2 is 1.21 bits per heavy atom. The molecule has 7 aromatic rings. The van der Waals surface area contributed by atoms with Crippen molar-refractivity contribution < 1.29 is 0 Å². The summed E-state index contributed by atoms with van der Waals surface area (Å²) in [4.78, 5) is 2.47. The molecule has 0 amide bonds. The van der Waals surface area contributed by atoms with Crippen LogP contribution in [-0.2, 0) is 0 Å². The van der Waals surface area contributed by atoms with E-state index >= 15 is 0 Å². The van der Waals surface area contributed by atoms with Crippen LogP contribution in [0.25, 0.3) is 49.7 Å². The van der Waals surface area contributed by atoms with Gasteiger partial charge in [-0.2, -0.15) is 10.5 Å². The first-order chi connectivity index (χ1) is 23.7. The Kier molecular flexibility index (Phi) is 6.35. The number of anilines is 2. The molecular formula is C44H28N4. The number of nitrogens with zero attached hydrogens (tertiary/aromatic N) is 4. The van der Waals surface area contributed by atoms with Crippen molar-refractivity contribution in [2.45, 2.75) is 12.0 Å². The lowest BCUT2D eigenvalue weighted by molar-refractivity contribution is 0.745. The maximum atomic E-state index is 10.4. The van der Waals surface area contributed by atoms with E-state index in [1.165, 1.54) is 11.3 Å². The van der Waals surface area contributed by atoms with Crippen molar-refractivity contribution in [1.82, 2.24) is 4.57 Å². The Labute approximate surface area is 279 Å². The first-order valence-corrected chi connectivity index (χ1v) is 16.1. The molecule has 2 unspecified atom stereocenters. The summed E-state index contributed by atoms with van der Waals surface area (Å²) < 4.78 is 2.23. The van der Waals surface area contributed by atoms with Gasteiger partial charge in [-0.1, -0.05) is 103 Å². The van der Waals surface area contributed by atoms with Crippen molar-refractivity contribution in [3.8, 4) is 40.1 Å². The molecule has 4 heteroatoms. The number of aromatic nitrogens is 1. The van der Waals surface area contributed by atoms with Crippen molar-refractivity contribution in [3.05, 3.63) is 174 Å². The van der Waals surface area contributed by atoms with Crippen molar-refractivity contribution in [2.75, 3.05) is 4.90 Å². The number of para-hydroxylation sites is 3. The zero-order valence-corrected chi connectivity index (χ0v) is 26.0. The molecule has 0 saturated heterocycles. The summed E-state index contributed by atoms with van der Waals surface area (Å²) in [6.07, 6.45) is 8.91. The van der Waals surface area contributed by atoms with Crippen LogP contribution >= 0.6 is 0 Å². The molecule has 48 heavy (non-hydrogen) atoms. The van der Waals surface area contributed by atoms with E-state index in [9.17, 15) is 10.5 Å². The second kappa shape index (κ2) is 11.0. The number of rotatable bonds is 4. The quantitative estimate of drug-likeness (QED) is 0.199. The van der Waals surface area contributed by atoms with Gasteiger partial charge in [-0.05, 0) is 71.3 Å². The van der Waals surface area contributed by atoms with Crippen molar-refractivity contribution in [3.63, 3.8) is 0 Å². The van der Waals surface area contributed by atoms with Crippen LogP contribution in [0.2, 0.25) is 0 Å². The number of allylic oxidation sites excluding steroid dienone is 2. The van der Waals surface area contributed by atoms with E-state index in [2.05, 4.69) is 137 Å². The van der Waals surface area contributed by atoms with Crippen LogP contribution in [0.15, 0.2) is 158 Å². The summed E-state index contributed by atoms with van der Waals surface area (Å²) in [5.74, 6) is 0.284. The van der Waals surface area contributed by atoms with E-state index in [-0.39, 0.29) is 12.0 Å². The molecule has 2 aliphatic rings. The standard InChI is InChI=1S/C44H28N4/c45-27-29-21-24-44-39(25-29)37-16-6-7-17-40(37)47(44)31-23-22-30(28-46)38(26-31)33-12-2-1-11-32(33)34-13-3-8-18-41(34)48-42-19-9-4-14-35(42)36-15-5-10-20-43(36)48/h1-26,35,42H. The highest BCUT2D eigenvalue weighted by Gasteiger charge is 2.38. The molecule has 224 valence electrons. The van der Waals surface area contributed by atoms with Gasteiger partial charge >= 0.3 is 0 Å². The minimum atomic E-state index is 0.176. The highest BCUT2D eigenvalue weighted by Crippen LogP contribution is 2.50. The normalized spacial score (nSPS) is 16.1. The van der Waals surface area contributed by atoms with Crippen molar-refractivity contribution in [2.24, 2.45) is 0 Å². The zero-order chi connectivity index (χ0) is 32.2. The molecule has 0 bridgehead atoms. The van der Waals surface area contributed by atoms with E-state index in [1.807, 2.05) is 42.5 Å². The molecule has 2 atom stereocenters. The van der Waals surface area contributed by atoms with Crippen molar-refractivity contribution >= 4 is 33.2 Å². The molecule has 0 fully saturated rings. The Morgan fingerprint density at radius 3 is 2.04 bits per heavy atom. The van der Waals surface area contributed by atoms with Gasteiger partial charge in [-0.3, -0.25) is 0 Å². The fourth-order valence-electron chi connectivity index (χ4n) is 7.75. The van der Waals surface area contributed by atoms with Crippen LogP contribution in [0.4, 0.5) is 11.4 Å². The van der Waals surface area contributed by atoms with E-state index in [1.54, 1.807) is 0 Å². The second-order valence-corrected chi connectivity index (χ2v) is 12.3. The van der Waals surface area contributed by atoms with Gasteiger partial charge in [0.25, 0.3) is 0 Å². The molecule has 9 rings (SSSR count). The van der Waals surface area contributed by atoms with Gasteiger partial charge in [0.2, 0.25) is 0 Å². The van der Waals surface area contributed by atoms with Gasteiger partial charge in [0.15, 0.2) is 0 Å². The van der Waals surface area contributed by atoms with Gasteiger partial charge in [-0.15, -0.1) is 0 Å². The summed E-state index contributed by atoms with van der Waals surface area (Å²) in [5, 5.41) is 22.2. The fourth-order valence-corrected chi connectivity index (χ4v) is 7.75. The minimum absolute atomic E-state index is 0.176. The third kappa shape index (κ3) is 4.14. The van der Waals surface area contributed by atoms with Crippen LogP contribution in [0, 0.1) is 22.7 Å². The van der Waals surface area contributed by atoms with Gasteiger partial charge in [0, 0.05) is 44.9 Å². The average Bonchev–Trinajstić information content (AvgIpc) is 3.67. The predicted molar refractivity (Wildman–Crippen MR) is 194 cm³/mol. The molecule has 4 nitrogen and oxygen atoms in total. The fraction of sp³-hybridized carbons (Fsp3) is 0.0455. The van der Waals surface area contributed by atoms with E-state index in [4.69, 9.17) is 0 Å². The molecule has 0 spiro atoms. The molecule has 1 aliphatic heterocycles. The van der Waals surface area contributed by atoms with Crippen LogP contribution in [0.1, 0.15) is 22.6 Å². The largest absolute Gasteiger partial charge is 0.333 e. The number of hydrogen-bond donors (Lipinski definition) is 0. The summed E-state index contributed by atoms with van der Waals surface area (Å²) in [6.45, 7) is 0. The molecule has 2 heterocycles. The average molecular weight is 613 g/mol. The number of hydrogen-bond acceptors (Lipinski definition) is 3. The van der Waals surface area contributed by atoms with Gasteiger partial charge < -0.3 is 9.47 Å². The Balaban J connectivity index is 1.25. The molecule has 0 saturated carbocycles. The van der Waals surface area contributed by atoms with Crippen LogP contribution in [0.3, 0.4) is 0 Å². The van der Waals surface area contributed by atoms with Crippen LogP contribution in [-0.4, -0.2) is 10.6 Å². The molecule has 0 N–H and O–H groups in total. The SMILES string of the molecule is N#Cc1ccc2c(c1)c1ccccc1n2-c1ccc(C#N)c(-c2ccccc2-c2ccccc2N2c3ccccc3C3C=CC=CC32)c1. The molecule has 6 aromatic carbocycles. The highest BCUT2D eigenvalue weighted by molar-refractivity contribution is 6.09. The Hall–Kier alpha value is -6.62. The third-order valence-corrected chi connectivity index (χ3v) is 9.81. The Bertz CT molecular complexity index is 2570. The van der Waals surface area contributed by atoms with Gasteiger partial charge in [0.05, 0.1) is 40.3 Å². The number of nitriles is 2. The van der Waals surface area contributed by atoms with Gasteiger partial charge in [0.1, 0.15) is 0 Å². The number of fused-ring (bicyclic) bond motifs is 6. The monoisotopic (exact) mass is 612 g/mol. The van der Waals surface area contributed by atoms with Crippen molar-refractivity contribution in [1.29, 1.82) is 10.5 Å². The maximum absolute atomic E-state index is 10.4. The smallest absolute Gasteiger partial charge is 0.0998 e. The first-order valence-electron chi connectivity index (χ1n) is 16.1. The topological polar surface area (TPSA) is 55.8 Å². The lowest BCUT2D eigenvalue weighted by atomic mass is 9.89. The summed E-state index contributed by atoms with van der Waals surface area (Å²) in [5.41, 5.74) is 12.0. The lowest BCUT2D eigenvalue weighted by Gasteiger charge is -2.31. The number of benzene rings is 6. The van der Waals surface area contributed by atoms with Crippen LogP contribution in [0.5, 0.6) is 0 Å². The lowest BCUT2D eigenvalue weighted by Crippen LogP contribution is -2.28. The molecule has 1 aliphatic carbocycles. The second-order valence-electron chi connectivity index (χ2n) is 12.3. The zero-order valence-electron chi connectivity index (χ0n) is 26.0. The Morgan fingerprint density at radius 1 is 0.521 bits per heavy atom. The summed E-state index contributed by atoms with van der Waals surface area (Å²) in [7, 11) is 0. The van der Waals surface area contributed by atoms with Crippen LogP contribution < -0.4 is 4.90 Å². The summed E-state index contributed by atoms with van der Waals surface area (Å²) in [6, 6.07) is 50.9. The summed E-state index contributed by atoms with van der Waals surface area (Å²) >= 11 is 0.